The highest BCUT2D eigenvalue weighted by Gasteiger charge is 2.03. The summed E-state index contributed by atoms with van der Waals surface area (Å²) in [6.07, 6.45) is 0. The molecular weight excluding hydrogens is 146 g/mol. The molecule has 0 fully saturated rings. The van der Waals surface area contributed by atoms with Gasteiger partial charge in [0.25, 0.3) is 0 Å². The summed E-state index contributed by atoms with van der Waals surface area (Å²) in [4.78, 5) is 0. The SMILES string of the molecule is Cc1cc(C(C)N)cc(C)c1C. The Morgan fingerprint density at radius 2 is 1.50 bits per heavy atom. The van der Waals surface area contributed by atoms with E-state index >= 15 is 0 Å². The van der Waals surface area contributed by atoms with Crippen LogP contribution in [0, 0.1) is 20.8 Å². The minimum Gasteiger partial charge on any atom is -0.324 e. The van der Waals surface area contributed by atoms with Gasteiger partial charge in [-0.2, -0.15) is 0 Å². The van der Waals surface area contributed by atoms with Crippen LogP contribution in [0.15, 0.2) is 12.1 Å². The average Bonchev–Trinajstić information content (AvgIpc) is 1.99. The highest BCUT2D eigenvalue weighted by Crippen LogP contribution is 2.18. The van der Waals surface area contributed by atoms with Crippen LogP contribution in [-0.2, 0) is 0 Å². The zero-order valence-corrected chi connectivity index (χ0v) is 8.31. The summed E-state index contributed by atoms with van der Waals surface area (Å²) in [5.74, 6) is 0. The molecule has 0 saturated heterocycles. The van der Waals surface area contributed by atoms with Crippen molar-refractivity contribution in [2.75, 3.05) is 0 Å². The molecular formula is C11H17N. The molecule has 1 aromatic carbocycles. The lowest BCUT2D eigenvalue weighted by Gasteiger charge is -2.11. The van der Waals surface area contributed by atoms with Gasteiger partial charge in [0.2, 0.25) is 0 Å². The normalized spacial score (nSPS) is 13.1. The van der Waals surface area contributed by atoms with Crippen molar-refractivity contribution in [3.05, 3.63) is 34.4 Å². The lowest BCUT2D eigenvalue weighted by atomic mass is 9.98. The van der Waals surface area contributed by atoms with Crippen LogP contribution in [0.3, 0.4) is 0 Å². The maximum atomic E-state index is 5.80. The maximum absolute atomic E-state index is 5.80. The van der Waals surface area contributed by atoms with Crippen molar-refractivity contribution < 1.29 is 0 Å². The van der Waals surface area contributed by atoms with E-state index in [-0.39, 0.29) is 6.04 Å². The molecule has 1 heteroatoms. The second kappa shape index (κ2) is 3.28. The molecule has 0 aromatic heterocycles. The van der Waals surface area contributed by atoms with Gasteiger partial charge < -0.3 is 5.73 Å². The quantitative estimate of drug-likeness (QED) is 0.676. The molecule has 2 N–H and O–H groups in total. The van der Waals surface area contributed by atoms with Crippen molar-refractivity contribution in [2.24, 2.45) is 5.73 Å². The Kier molecular flexibility index (Phi) is 2.53. The standard InChI is InChI=1S/C11H17N/c1-7-5-11(10(4)12)6-8(2)9(7)3/h5-6,10H,12H2,1-4H3. The zero-order valence-electron chi connectivity index (χ0n) is 8.31. The topological polar surface area (TPSA) is 26.0 Å². The van der Waals surface area contributed by atoms with Crippen LogP contribution in [0.5, 0.6) is 0 Å². The fourth-order valence-electron chi connectivity index (χ4n) is 1.33. The molecule has 0 saturated carbocycles. The molecule has 0 aliphatic rings. The first-order valence-corrected chi connectivity index (χ1v) is 4.35. The number of rotatable bonds is 1. The van der Waals surface area contributed by atoms with Crippen LogP contribution in [0.1, 0.15) is 35.2 Å². The van der Waals surface area contributed by atoms with Crippen molar-refractivity contribution in [1.82, 2.24) is 0 Å². The molecule has 0 aliphatic carbocycles. The largest absolute Gasteiger partial charge is 0.324 e. The van der Waals surface area contributed by atoms with E-state index in [2.05, 4.69) is 32.9 Å². The molecule has 0 bridgehead atoms. The van der Waals surface area contributed by atoms with E-state index in [1.165, 1.54) is 22.3 Å². The summed E-state index contributed by atoms with van der Waals surface area (Å²) in [5.41, 5.74) is 11.1. The minimum absolute atomic E-state index is 0.142. The van der Waals surface area contributed by atoms with Crippen LogP contribution in [0.2, 0.25) is 0 Å². The monoisotopic (exact) mass is 163 g/mol. The van der Waals surface area contributed by atoms with Gasteiger partial charge in [-0.1, -0.05) is 12.1 Å². The van der Waals surface area contributed by atoms with Gasteiger partial charge in [0.15, 0.2) is 0 Å². The molecule has 66 valence electrons. The zero-order chi connectivity index (χ0) is 9.30. The van der Waals surface area contributed by atoms with Gasteiger partial charge >= 0.3 is 0 Å². The molecule has 0 spiro atoms. The molecule has 1 nitrogen and oxygen atoms in total. The molecule has 1 rings (SSSR count). The first-order chi connectivity index (χ1) is 5.52. The first kappa shape index (κ1) is 9.27. The molecule has 1 atom stereocenters. The van der Waals surface area contributed by atoms with Crippen molar-refractivity contribution in [3.8, 4) is 0 Å². The summed E-state index contributed by atoms with van der Waals surface area (Å²) >= 11 is 0. The summed E-state index contributed by atoms with van der Waals surface area (Å²) in [5, 5.41) is 0. The number of hydrogen-bond donors (Lipinski definition) is 1. The second-order valence-corrected chi connectivity index (χ2v) is 3.57. The highest BCUT2D eigenvalue weighted by atomic mass is 14.6. The first-order valence-electron chi connectivity index (χ1n) is 4.35. The molecule has 1 unspecified atom stereocenters. The van der Waals surface area contributed by atoms with Crippen LogP contribution in [0.25, 0.3) is 0 Å². The van der Waals surface area contributed by atoms with Crippen molar-refractivity contribution in [2.45, 2.75) is 33.7 Å². The third-order valence-electron chi connectivity index (χ3n) is 2.48. The number of aryl methyl sites for hydroxylation is 2. The lowest BCUT2D eigenvalue weighted by molar-refractivity contribution is 0.814. The minimum atomic E-state index is 0.142. The van der Waals surface area contributed by atoms with Crippen molar-refractivity contribution in [3.63, 3.8) is 0 Å². The van der Waals surface area contributed by atoms with E-state index in [0.29, 0.717) is 0 Å². The Bertz CT molecular complexity index is 264. The Labute approximate surface area is 74.6 Å². The fourth-order valence-corrected chi connectivity index (χ4v) is 1.33. The predicted octanol–water partition coefficient (Wildman–Crippen LogP) is 2.63. The van der Waals surface area contributed by atoms with E-state index in [1.54, 1.807) is 0 Å². The highest BCUT2D eigenvalue weighted by molar-refractivity contribution is 5.37. The summed E-state index contributed by atoms with van der Waals surface area (Å²) in [6, 6.07) is 4.49. The van der Waals surface area contributed by atoms with E-state index < -0.39 is 0 Å². The van der Waals surface area contributed by atoms with Crippen molar-refractivity contribution in [1.29, 1.82) is 0 Å². The Balaban J connectivity index is 3.21. The average molecular weight is 163 g/mol. The Hall–Kier alpha value is -0.820. The lowest BCUT2D eigenvalue weighted by Crippen LogP contribution is -2.06. The number of nitrogens with two attached hydrogens (primary N) is 1. The maximum Gasteiger partial charge on any atom is 0.0266 e. The van der Waals surface area contributed by atoms with E-state index in [0.717, 1.165) is 0 Å². The van der Waals surface area contributed by atoms with Crippen LogP contribution >= 0.6 is 0 Å². The van der Waals surface area contributed by atoms with Gasteiger partial charge in [-0.3, -0.25) is 0 Å². The Morgan fingerprint density at radius 1 is 1.08 bits per heavy atom. The van der Waals surface area contributed by atoms with E-state index in [1.807, 2.05) is 6.92 Å². The molecule has 1 aromatic rings. The predicted molar refractivity (Wildman–Crippen MR) is 53.3 cm³/mol. The summed E-state index contributed by atoms with van der Waals surface area (Å²) in [6.45, 7) is 8.43. The van der Waals surface area contributed by atoms with Gasteiger partial charge in [-0.05, 0) is 49.9 Å². The fraction of sp³-hybridized carbons (Fsp3) is 0.455. The van der Waals surface area contributed by atoms with E-state index in [9.17, 15) is 0 Å². The number of benzene rings is 1. The molecule has 12 heavy (non-hydrogen) atoms. The van der Waals surface area contributed by atoms with Crippen LogP contribution < -0.4 is 5.73 Å². The van der Waals surface area contributed by atoms with Crippen molar-refractivity contribution >= 4 is 0 Å². The summed E-state index contributed by atoms with van der Waals surface area (Å²) in [7, 11) is 0. The second-order valence-electron chi connectivity index (χ2n) is 3.57. The number of hydrogen-bond acceptors (Lipinski definition) is 1. The van der Waals surface area contributed by atoms with Crippen LogP contribution in [-0.4, -0.2) is 0 Å². The third-order valence-corrected chi connectivity index (χ3v) is 2.48. The third kappa shape index (κ3) is 1.67. The van der Waals surface area contributed by atoms with Gasteiger partial charge in [0.05, 0.1) is 0 Å². The van der Waals surface area contributed by atoms with Gasteiger partial charge in [0, 0.05) is 6.04 Å². The molecule has 0 radical (unpaired) electrons. The molecule has 0 aliphatic heterocycles. The Morgan fingerprint density at radius 3 is 1.83 bits per heavy atom. The van der Waals surface area contributed by atoms with Gasteiger partial charge in [-0.15, -0.1) is 0 Å². The molecule has 0 heterocycles. The van der Waals surface area contributed by atoms with E-state index in [4.69, 9.17) is 5.73 Å². The summed E-state index contributed by atoms with van der Waals surface area (Å²) < 4.78 is 0. The van der Waals surface area contributed by atoms with Gasteiger partial charge in [0.1, 0.15) is 0 Å². The molecule has 0 amide bonds. The van der Waals surface area contributed by atoms with Crippen LogP contribution in [0.4, 0.5) is 0 Å². The van der Waals surface area contributed by atoms with Gasteiger partial charge in [-0.25, -0.2) is 0 Å². The smallest absolute Gasteiger partial charge is 0.0266 e.